The molecule has 6 nitrogen and oxygen atoms in total. The van der Waals surface area contributed by atoms with Crippen molar-refractivity contribution in [1.82, 2.24) is 18.9 Å². The number of benzene rings is 2. The summed E-state index contributed by atoms with van der Waals surface area (Å²) in [6.07, 6.45) is 5.92. The van der Waals surface area contributed by atoms with Crippen LogP contribution < -0.4 is 10.6 Å². The number of fused-ring (bicyclic) bond motifs is 2. The molecule has 1 aliphatic carbocycles. The van der Waals surface area contributed by atoms with Crippen molar-refractivity contribution in [1.29, 1.82) is 0 Å². The fourth-order valence-corrected chi connectivity index (χ4v) is 6.49. The molecule has 6 rings (SSSR count). The van der Waals surface area contributed by atoms with Crippen LogP contribution in [0.5, 0.6) is 0 Å². The molecule has 1 fully saturated rings. The van der Waals surface area contributed by atoms with Crippen molar-refractivity contribution in [3.63, 3.8) is 0 Å². The average molecular weight is 506 g/mol. The van der Waals surface area contributed by atoms with E-state index < -0.39 is 6.43 Å². The Hall–Kier alpha value is -3.42. The molecule has 2 aromatic heterocycles. The van der Waals surface area contributed by atoms with E-state index in [0.717, 1.165) is 65.3 Å². The van der Waals surface area contributed by atoms with Crippen LogP contribution in [-0.4, -0.2) is 25.5 Å². The van der Waals surface area contributed by atoms with Crippen molar-refractivity contribution in [2.24, 2.45) is 33.0 Å². The summed E-state index contributed by atoms with van der Waals surface area (Å²) in [5, 5.41) is 4.20. The number of aryl methyl sites for hydroxylation is 4. The maximum atomic E-state index is 14.3. The number of rotatable bonds is 5. The van der Waals surface area contributed by atoms with E-state index in [4.69, 9.17) is 0 Å². The Balaban J connectivity index is 1.50. The lowest BCUT2D eigenvalue weighted by Gasteiger charge is -2.35. The van der Waals surface area contributed by atoms with E-state index in [1.165, 1.54) is 12.8 Å². The van der Waals surface area contributed by atoms with Crippen LogP contribution in [0, 0.1) is 11.8 Å². The monoisotopic (exact) mass is 505 g/mol. The van der Waals surface area contributed by atoms with Gasteiger partial charge in [0.2, 0.25) is 0 Å². The van der Waals surface area contributed by atoms with Gasteiger partial charge in [0.1, 0.15) is 0 Å². The SMILES string of the molecule is CC1CC(Cc2cc(N3CCCc4cc(-c5cnn(C)c5)c(C(F)F)cc43)cc3c2n(C)c(=O)n3C)C1. The van der Waals surface area contributed by atoms with Gasteiger partial charge in [-0.15, -0.1) is 0 Å². The molecular weight excluding hydrogens is 472 g/mol. The minimum absolute atomic E-state index is 0.0236. The van der Waals surface area contributed by atoms with E-state index >= 15 is 0 Å². The van der Waals surface area contributed by atoms with Crippen molar-refractivity contribution >= 4 is 22.4 Å². The number of hydrogen-bond donors (Lipinski definition) is 0. The van der Waals surface area contributed by atoms with Crippen LogP contribution in [-0.2, 0) is 34.0 Å². The maximum Gasteiger partial charge on any atom is 0.328 e. The van der Waals surface area contributed by atoms with Gasteiger partial charge in [0.05, 0.1) is 17.2 Å². The largest absolute Gasteiger partial charge is 0.341 e. The van der Waals surface area contributed by atoms with E-state index in [1.807, 2.05) is 20.2 Å². The van der Waals surface area contributed by atoms with Gasteiger partial charge < -0.3 is 4.90 Å². The van der Waals surface area contributed by atoms with Crippen LogP contribution >= 0.6 is 0 Å². The Morgan fingerprint density at radius 3 is 2.54 bits per heavy atom. The van der Waals surface area contributed by atoms with Crippen molar-refractivity contribution in [2.75, 3.05) is 11.4 Å². The highest BCUT2D eigenvalue weighted by atomic mass is 19.3. The quantitative estimate of drug-likeness (QED) is 0.340. The number of nitrogens with zero attached hydrogens (tertiary/aromatic N) is 5. The van der Waals surface area contributed by atoms with E-state index in [0.29, 0.717) is 17.0 Å². The highest BCUT2D eigenvalue weighted by molar-refractivity contribution is 5.87. The molecule has 0 N–H and O–H groups in total. The van der Waals surface area contributed by atoms with Crippen LogP contribution in [0.1, 0.15) is 49.3 Å². The third kappa shape index (κ3) is 3.97. The second-order valence-electron chi connectivity index (χ2n) is 11.0. The Kier molecular flexibility index (Phi) is 5.73. The molecule has 3 heterocycles. The smallest absolute Gasteiger partial charge is 0.328 e. The molecule has 4 aromatic rings. The third-order valence-corrected chi connectivity index (χ3v) is 8.34. The number of alkyl halides is 2. The number of hydrogen-bond acceptors (Lipinski definition) is 3. The first kappa shape index (κ1) is 23.9. The standard InChI is InChI=1S/C29H33F2N5O/c1-17-8-18(9-17)10-20-11-22(13-26-27(20)35(4)29(37)34(26)3)36-7-5-6-19-12-23(21-15-32-33(2)16-21)24(28(30)31)14-25(19)36/h11-18,28H,5-10H2,1-4H3. The zero-order chi connectivity index (χ0) is 26.0. The summed E-state index contributed by atoms with van der Waals surface area (Å²) in [5.74, 6) is 1.36. The number of imidazole rings is 1. The zero-order valence-corrected chi connectivity index (χ0v) is 21.8. The molecule has 0 unspecified atom stereocenters. The molecule has 2 aromatic carbocycles. The summed E-state index contributed by atoms with van der Waals surface area (Å²) in [6, 6.07) is 7.84. The highest BCUT2D eigenvalue weighted by Crippen LogP contribution is 2.43. The van der Waals surface area contributed by atoms with E-state index in [1.54, 1.807) is 39.3 Å². The molecule has 0 spiro atoms. The lowest BCUT2D eigenvalue weighted by atomic mass is 9.73. The predicted molar refractivity (Wildman–Crippen MR) is 143 cm³/mol. The summed E-state index contributed by atoms with van der Waals surface area (Å²) in [7, 11) is 5.44. The van der Waals surface area contributed by atoms with Gasteiger partial charge in [-0.05, 0) is 84.9 Å². The summed E-state index contributed by atoms with van der Waals surface area (Å²) in [4.78, 5) is 15.0. The average Bonchev–Trinajstić information content (AvgIpc) is 3.38. The molecule has 1 aliphatic heterocycles. The maximum absolute atomic E-state index is 14.3. The molecule has 1 saturated carbocycles. The van der Waals surface area contributed by atoms with Gasteiger partial charge in [-0.3, -0.25) is 13.8 Å². The van der Waals surface area contributed by atoms with Crippen molar-refractivity contribution in [3.05, 3.63) is 63.8 Å². The second kappa shape index (κ2) is 8.85. The Labute approximate surface area is 215 Å². The lowest BCUT2D eigenvalue weighted by molar-refractivity contribution is 0.152. The van der Waals surface area contributed by atoms with Crippen molar-refractivity contribution in [2.45, 2.75) is 45.5 Å². The molecule has 0 amide bonds. The molecular formula is C29H33F2N5O. The third-order valence-electron chi connectivity index (χ3n) is 8.34. The second-order valence-corrected chi connectivity index (χ2v) is 11.0. The normalized spacial score (nSPS) is 19.5. The van der Waals surface area contributed by atoms with Gasteiger partial charge in [0.15, 0.2) is 0 Å². The van der Waals surface area contributed by atoms with Gasteiger partial charge >= 0.3 is 5.69 Å². The molecule has 0 radical (unpaired) electrons. The topological polar surface area (TPSA) is 48.0 Å². The van der Waals surface area contributed by atoms with Crippen LogP contribution in [0.3, 0.4) is 0 Å². The summed E-state index contributed by atoms with van der Waals surface area (Å²) in [5.41, 5.74) is 7.12. The van der Waals surface area contributed by atoms with Crippen LogP contribution in [0.2, 0.25) is 0 Å². The Morgan fingerprint density at radius 1 is 1.08 bits per heavy atom. The molecule has 37 heavy (non-hydrogen) atoms. The van der Waals surface area contributed by atoms with Crippen LogP contribution in [0.25, 0.3) is 22.2 Å². The molecule has 2 aliphatic rings. The molecule has 8 heteroatoms. The molecule has 0 atom stereocenters. The molecule has 0 saturated heterocycles. The minimum atomic E-state index is -2.60. The van der Waals surface area contributed by atoms with Gasteiger partial charge in [0.25, 0.3) is 6.43 Å². The van der Waals surface area contributed by atoms with Gasteiger partial charge in [0, 0.05) is 56.4 Å². The molecule has 194 valence electrons. The summed E-state index contributed by atoms with van der Waals surface area (Å²) < 4.78 is 33.7. The van der Waals surface area contributed by atoms with Gasteiger partial charge in [-0.25, -0.2) is 13.6 Å². The van der Waals surface area contributed by atoms with E-state index in [-0.39, 0.29) is 11.3 Å². The predicted octanol–water partition coefficient (Wildman–Crippen LogP) is 5.89. The lowest BCUT2D eigenvalue weighted by Crippen LogP contribution is -2.26. The molecule has 0 bridgehead atoms. The van der Waals surface area contributed by atoms with Crippen LogP contribution in [0.15, 0.2) is 41.5 Å². The minimum Gasteiger partial charge on any atom is -0.341 e. The first-order valence-corrected chi connectivity index (χ1v) is 13.1. The Morgan fingerprint density at radius 2 is 1.86 bits per heavy atom. The number of halogens is 2. The van der Waals surface area contributed by atoms with Crippen molar-refractivity contribution in [3.8, 4) is 11.1 Å². The fourth-order valence-electron chi connectivity index (χ4n) is 6.49. The van der Waals surface area contributed by atoms with Crippen molar-refractivity contribution < 1.29 is 8.78 Å². The fraction of sp³-hybridized carbons (Fsp3) is 0.448. The summed E-state index contributed by atoms with van der Waals surface area (Å²) >= 11 is 0. The zero-order valence-electron chi connectivity index (χ0n) is 21.8. The highest BCUT2D eigenvalue weighted by Gasteiger charge is 2.29. The number of aromatic nitrogens is 4. The Bertz CT molecular complexity index is 1560. The van der Waals surface area contributed by atoms with E-state index in [2.05, 4.69) is 29.1 Å². The van der Waals surface area contributed by atoms with Gasteiger partial charge in [-0.1, -0.05) is 6.92 Å². The van der Waals surface area contributed by atoms with E-state index in [9.17, 15) is 13.6 Å². The van der Waals surface area contributed by atoms with Crippen LogP contribution in [0.4, 0.5) is 20.2 Å². The first-order chi connectivity index (χ1) is 17.7. The van der Waals surface area contributed by atoms with Gasteiger partial charge in [-0.2, -0.15) is 5.10 Å². The first-order valence-electron chi connectivity index (χ1n) is 13.1. The number of anilines is 2. The summed E-state index contributed by atoms with van der Waals surface area (Å²) in [6.45, 7) is 3.03.